The van der Waals surface area contributed by atoms with E-state index in [-0.39, 0.29) is 24.0 Å². The van der Waals surface area contributed by atoms with Crippen LogP contribution in [0.15, 0.2) is 21.6 Å². The van der Waals surface area contributed by atoms with Crippen molar-refractivity contribution in [3.63, 3.8) is 0 Å². The number of carbonyl (C=O) groups is 2. The van der Waals surface area contributed by atoms with E-state index in [4.69, 9.17) is 0 Å². The number of benzene rings is 1. The van der Waals surface area contributed by atoms with E-state index in [0.717, 1.165) is 0 Å². The second kappa shape index (κ2) is 5.08. The van der Waals surface area contributed by atoms with Gasteiger partial charge in [0, 0.05) is 11.5 Å². The normalized spacial score (nSPS) is 14.6. The second-order valence-electron chi connectivity index (χ2n) is 4.08. The number of hydrogen-bond donors (Lipinski definition) is 1. The standard InChI is InChI=1S/C12H11BrFN3O2/c1-6-7(13)3-4-8(14)10(6)11(19)16-12-15-5-9(18)17(12)2/h3-4H,5H2,1-2H3,(H,15,16,19). The smallest absolute Gasteiger partial charge is 0.261 e. The van der Waals surface area contributed by atoms with E-state index in [2.05, 4.69) is 26.2 Å². The third-order valence-electron chi connectivity index (χ3n) is 2.86. The van der Waals surface area contributed by atoms with Gasteiger partial charge in [0.05, 0.1) is 5.56 Å². The van der Waals surface area contributed by atoms with Crippen LogP contribution in [0.25, 0.3) is 0 Å². The van der Waals surface area contributed by atoms with E-state index in [0.29, 0.717) is 10.0 Å². The van der Waals surface area contributed by atoms with E-state index >= 15 is 0 Å². The summed E-state index contributed by atoms with van der Waals surface area (Å²) in [6, 6.07) is 2.74. The number of guanidine groups is 1. The molecule has 1 N–H and O–H groups in total. The molecule has 2 amide bonds. The van der Waals surface area contributed by atoms with Crippen LogP contribution in [0.1, 0.15) is 15.9 Å². The van der Waals surface area contributed by atoms with E-state index in [9.17, 15) is 14.0 Å². The highest BCUT2D eigenvalue weighted by atomic mass is 79.9. The Kier molecular flexibility index (Phi) is 3.66. The molecule has 1 heterocycles. The molecular formula is C12H11BrFN3O2. The van der Waals surface area contributed by atoms with Gasteiger partial charge in [-0.2, -0.15) is 0 Å². The molecule has 2 rings (SSSR count). The van der Waals surface area contributed by atoms with E-state index in [1.54, 1.807) is 6.92 Å². The molecule has 19 heavy (non-hydrogen) atoms. The lowest BCUT2D eigenvalue weighted by Gasteiger charge is -2.14. The van der Waals surface area contributed by atoms with Crippen LogP contribution in [0.5, 0.6) is 0 Å². The molecule has 0 bridgehead atoms. The highest BCUT2D eigenvalue weighted by Crippen LogP contribution is 2.22. The molecule has 0 aromatic heterocycles. The van der Waals surface area contributed by atoms with E-state index in [1.165, 1.54) is 24.1 Å². The van der Waals surface area contributed by atoms with Crippen LogP contribution < -0.4 is 5.32 Å². The van der Waals surface area contributed by atoms with E-state index in [1.807, 2.05) is 0 Å². The van der Waals surface area contributed by atoms with Gasteiger partial charge in [0.2, 0.25) is 5.96 Å². The molecule has 1 aromatic carbocycles. The summed E-state index contributed by atoms with van der Waals surface area (Å²) >= 11 is 3.24. The number of halogens is 2. The van der Waals surface area contributed by atoms with Gasteiger partial charge in [0.25, 0.3) is 11.8 Å². The van der Waals surface area contributed by atoms with Crippen molar-refractivity contribution in [2.24, 2.45) is 4.99 Å². The first-order valence-corrected chi connectivity index (χ1v) is 6.28. The van der Waals surface area contributed by atoms with Gasteiger partial charge in [-0.25, -0.2) is 9.38 Å². The Morgan fingerprint density at radius 2 is 2.21 bits per heavy atom. The fourth-order valence-corrected chi connectivity index (χ4v) is 2.02. The molecule has 0 radical (unpaired) electrons. The molecule has 0 saturated heterocycles. The van der Waals surface area contributed by atoms with Gasteiger partial charge < -0.3 is 0 Å². The zero-order valence-electron chi connectivity index (χ0n) is 10.3. The van der Waals surface area contributed by atoms with Crippen LogP contribution in [-0.2, 0) is 4.79 Å². The molecule has 7 heteroatoms. The third kappa shape index (κ3) is 2.51. The van der Waals surface area contributed by atoms with Crippen molar-refractivity contribution in [2.75, 3.05) is 13.6 Å². The number of nitrogens with one attached hydrogen (secondary N) is 1. The fraction of sp³-hybridized carbons (Fsp3) is 0.250. The van der Waals surface area contributed by atoms with Crippen molar-refractivity contribution < 1.29 is 14.0 Å². The van der Waals surface area contributed by atoms with Gasteiger partial charge in [-0.05, 0) is 24.6 Å². The Hall–Kier alpha value is -1.76. The van der Waals surface area contributed by atoms with Crippen LogP contribution in [0, 0.1) is 12.7 Å². The Balaban J connectivity index is 2.27. The number of amides is 2. The molecular weight excluding hydrogens is 317 g/mol. The van der Waals surface area contributed by atoms with Gasteiger partial charge in [0.1, 0.15) is 12.4 Å². The number of aliphatic imine (C=N–C) groups is 1. The number of nitrogens with zero attached hydrogens (tertiary/aromatic N) is 2. The summed E-state index contributed by atoms with van der Waals surface area (Å²) in [4.78, 5) is 28.4. The van der Waals surface area contributed by atoms with Gasteiger partial charge >= 0.3 is 0 Å². The van der Waals surface area contributed by atoms with Gasteiger partial charge in [-0.15, -0.1) is 0 Å². The van der Waals surface area contributed by atoms with E-state index < -0.39 is 11.7 Å². The number of likely N-dealkylation sites (N-methyl/N-ethyl adjacent to an activating group) is 1. The maximum absolute atomic E-state index is 13.7. The Morgan fingerprint density at radius 3 is 2.79 bits per heavy atom. The average molecular weight is 328 g/mol. The summed E-state index contributed by atoms with van der Waals surface area (Å²) in [5.74, 6) is -1.34. The number of hydrogen-bond acceptors (Lipinski definition) is 3. The molecule has 1 aliphatic heterocycles. The highest BCUT2D eigenvalue weighted by molar-refractivity contribution is 9.10. The van der Waals surface area contributed by atoms with Crippen LogP contribution in [0.3, 0.4) is 0 Å². The largest absolute Gasteiger partial charge is 0.292 e. The quantitative estimate of drug-likeness (QED) is 0.848. The van der Waals surface area contributed by atoms with Crippen molar-refractivity contribution in [3.05, 3.63) is 33.5 Å². The van der Waals surface area contributed by atoms with Gasteiger partial charge in [0.15, 0.2) is 0 Å². The molecule has 1 aliphatic rings. The summed E-state index contributed by atoms with van der Waals surface area (Å²) in [5, 5.41) is 2.44. The first-order chi connectivity index (χ1) is 8.91. The molecule has 5 nitrogen and oxygen atoms in total. The molecule has 0 saturated carbocycles. The van der Waals surface area contributed by atoms with Crippen molar-refractivity contribution in [1.29, 1.82) is 0 Å². The minimum atomic E-state index is -0.628. The summed E-state index contributed by atoms with van der Waals surface area (Å²) in [6.07, 6.45) is 0. The van der Waals surface area contributed by atoms with Crippen molar-refractivity contribution in [2.45, 2.75) is 6.92 Å². The Morgan fingerprint density at radius 1 is 1.53 bits per heavy atom. The first-order valence-electron chi connectivity index (χ1n) is 5.48. The monoisotopic (exact) mass is 327 g/mol. The number of rotatable bonds is 1. The lowest BCUT2D eigenvalue weighted by atomic mass is 10.1. The average Bonchev–Trinajstić information content (AvgIpc) is 2.66. The molecule has 0 fully saturated rings. The lowest BCUT2D eigenvalue weighted by Crippen LogP contribution is -2.41. The van der Waals surface area contributed by atoms with Crippen LogP contribution in [-0.4, -0.2) is 36.3 Å². The summed E-state index contributed by atoms with van der Waals surface area (Å²) in [5.41, 5.74) is 0.426. The zero-order chi connectivity index (χ0) is 14.2. The summed E-state index contributed by atoms with van der Waals surface area (Å²) in [7, 11) is 1.50. The Bertz CT molecular complexity index is 601. The molecule has 100 valence electrons. The lowest BCUT2D eigenvalue weighted by molar-refractivity contribution is -0.123. The van der Waals surface area contributed by atoms with Gasteiger partial charge in [-0.1, -0.05) is 15.9 Å². The predicted molar refractivity (Wildman–Crippen MR) is 71.4 cm³/mol. The third-order valence-corrected chi connectivity index (χ3v) is 3.72. The van der Waals surface area contributed by atoms with Crippen molar-refractivity contribution >= 4 is 33.7 Å². The van der Waals surface area contributed by atoms with Crippen molar-refractivity contribution in [1.82, 2.24) is 10.2 Å². The van der Waals surface area contributed by atoms with Crippen LogP contribution in [0.2, 0.25) is 0 Å². The second-order valence-corrected chi connectivity index (χ2v) is 4.93. The topological polar surface area (TPSA) is 61.8 Å². The zero-order valence-corrected chi connectivity index (χ0v) is 11.9. The van der Waals surface area contributed by atoms with Crippen LogP contribution >= 0.6 is 15.9 Å². The summed E-state index contributed by atoms with van der Waals surface area (Å²) in [6.45, 7) is 1.62. The van der Waals surface area contributed by atoms with Crippen molar-refractivity contribution in [3.8, 4) is 0 Å². The van der Waals surface area contributed by atoms with Crippen LogP contribution in [0.4, 0.5) is 4.39 Å². The minimum absolute atomic E-state index is 0.00788. The summed E-state index contributed by atoms with van der Waals surface area (Å²) < 4.78 is 14.4. The molecule has 0 aliphatic carbocycles. The first kappa shape index (κ1) is 13.7. The number of carbonyl (C=O) groups excluding carboxylic acids is 2. The molecule has 0 unspecified atom stereocenters. The Labute approximate surface area is 117 Å². The SMILES string of the molecule is Cc1c(Br)ccc(F)c1C(=O)NC1=NCC(=O)N1C. The maximum Gasteiger partial charge on any atom is 0.261 e. The predicted octanol–water partition coefficient (Wildman–Crippen LogP) is 1.45. The minimum Gasteiger partial charge on any atom is -0.292 e. The fourth-order valence-electron chi connectivity index (χ4n) is 1.69. The molecule has 0 spiro atoms. The molecule has 1 aromatic rings. The van der Waals surface area contributed by atoms with Gasteiger partial charge in [-0.3, -0.25) is 19.8 Å². The molecule has 0 atom stereocenters. The maximum atomic E-state index is 13.7. The highest BCUT2D eigenvalue weighted by Gasteiger charge is 2.25.